The third-order valence-corrected chi connectivity index (χ3v) is 9.40. The van der Waals surface area contributed by atoms with Crippen molar-refractivity contribution >= 4 is 55.8 Å². The van der Waals surface area contributed by atoms with Crippen LogP contribution in [0.3, 0.4) is 0 Å². The van der Waals surface area contributed by atoms with E-state index in [1.807, 2.05) is 44.2 Å². The van der Waals surface area contributed by atoms with Crippen LogP contribution in [0.1, 0.15) is 31.3 Å². The minimum absolute atomic E-state index is 0.00449. The number of allylic oxidation sites excluding steroid dienone is 3. The Labute approximate surface area is 237 Å². The molecule has 4 aromatic rings. The SMILES string of the molecule is CCN1C(=O)/C(=C\C=C2\N(C)c3ccc(-c4ccccc4)cc3C2(C)C)SC1=Nc1ccc2nc(C)sc2c1. The molecule has 6 rings (SSSR count). The molecule has 0 spiro atoms. The van der Waals surface area contributed by atoms with Crippen LogP contribution in [-0.4, -0.2) is 34.6 Å². The van der Waals surface area contributed by atoms with Crippen LogP contribution in [0.15, 0.2) is 94.5 Å². The molecule has 3 heterocycles. The summed E-state index contributed by atoms with van der Waals surface area (Å²) in [7, 11) is 2.10. The molecule has 7 heteroatoms. The number of hydrogen-bond donors (Lipinski definition) is 0. The summed E-state index contributed by atoms with van der Waals surface area (Å²) in [5.41, 5.74) is 7.67. The maximum absolute atomic E-state index is 13.3. The van der Waals surface area contributed by atoms with Gasteiger partial charge in [-0.25, -0.2) is 9.98 Å². The molecule has 0 unspecified atom stereocenters. The van der Waals surface area contributed by atoms with Crippen molar-refractivity contribution < 1.29 is 4.79 Å². The molecule has 0 atom stereocenters. The molecule has 0 aliphatic carbocycles. The lowest BCUT2D eigenvalue weighted by atomic mass is 9.82. The molecule has 0 N–H and O–H groups in total. The van der Waals surface area contributed by atoms with Gasteiger partial charge >= 0.3 is 0 Å². The predicted octanol–water partition coefficient (Wildman–Crippen LogP) is 8.05. The van der Waals surface area contributed by atoms with Gasteiger partial charge in [-0.05, 0) is 84.8 Å². The molecule has 2 aliphatic rings. The van der Waals surface area contributed by atoms with Gasteiger partial charge in [0.15, 0.2) is 5.17 Å². The largest absolute Gasteiger partial charge is 0.347 e. The number of aryl methyl sites for hydroxylation is 1. The van der Waals surface area contributed by atoms with Crippen LogP contribution in [0.5, 0.6) is 0 Å². The normalized spacial score (nSPS) is 19.7. The number of aromatic nitrogens is 1. The molecule has 1 amide bonds. The summed E-state index contributed by atoms with van der Waals surface area (Å²) in [6.45, 7) is 9.07. The van der Waals surface area contributed by atoms with Crippen molar-refractivity contribution in [1.82, 2.24) is 9.88 Å². The van der Waals surface area contributed by atoms with Crippen LogP contribution in [-0.2, 0) is 10.2 Å². The Balaban J connectivity index is 1.31. The third kappa shape index (κ3) is 4.49. The van der Waals surface area contributed by atoms with Gasteiger partial charge in [-0.15, -0.1) is 11.3 Å². The van der Waals surface area contributed by atoms with Crippen LogP contribution in [0.25, 0.3) is 21.3 Å². The number of amidine groups is 1. The minimum Gasteiger partial charge on any atom is -0.347 e. The summed E-state index contributed by atoms with van der Waals surface area (Å²) in [5.74, 6) is -0.00449. The van der Waals surface area contributed by atoms with Crippen LogP contribution >= 0.6 is 23.1 Å². The first-order chi connectivity index (χ1) is 18.8. The lowest BCUT2D eigenvalue weighted by Gasteiger charge is -2.23. The molecule has 0 saturated carbocycles. The molecular formula is C32H30N4OS2. The Morgan fingerprint density at radius 3 is 2.56 bits per heavy atom. The van der Waals surface area contributed by atoms with Crippen molar-refractivity contribution in [1.29, 1.82) is 0 Å². The van der Waals surface area contributed by atoms with E-state index < -0.39 is 0 Å². The number of aliphatic imine (C=N–C) groups is 1. The van der Waals surface area contributed by atoms with Crippen LogP contribution in [0.2, 0.25) is 0 Å². The Hall–Kier alpha value is -3.68. The molecule has 1 aromatic heterocycles. The van der Waals surface area contributed by atoms with Gasteiger partial charge in [0, 0.05) is 30.4 Å². The number of carbonyl (C=O) groups is 1. The van der Waals surface area contributed by atoms with Crippen molar-refractivity contribution in [3.63, 3.8) is 0 Å². The standard InChI is InChI=1S/C32H30N4OS2/c1-6-36-30(37)27(39-31(36)34-23-13-14-25-28(19-23)38-20(2)33-25)16-17-29-32(3,4)24-18-22(12-15-26(24)35(29)5)21-10-8-7-9-11-21/h7-19H,6H2,1-5H3/b27-16+,29-17+,34-31?. The number of rotatable bonds is 4. The molecule has 196 valence electrons. The number of benzene rings is 3. The van der Waals surface area contributed by atoms with E-state index in [4.69, 9.17) is 4.99 Å². The fourth-order valence-corrected chi connectivity index (χ4v) is 7.26. The highest BCUT2D eigenvalue weighted by atomic mass is 32.2. The third-order valence-electron chi connectivity index (χ3n) is 7.44. The Morgan fingerprint density at radius 2 is 1.79 bits per heavy atom. The van der Waals surface area contributed by atoms with E-state index in [9.17, 15) is 4.79 Å². The van der Waals surface area contributed by atoms with Crippen molar-refractivity contribution in [2.45, 2.75) is 33.1 Å². The van der Waals surface area contributed by atoms with Gasteiger partial charge in [-0.3, -0.25) is 9.69 Å². The lowest BCUT2D eigenvalue weighted by Crippen LogP contribution is -2.28. The summed E-state index contributed by atoms with van der Waals surface area (Å²) < 4.78 is 1.11. The Morgan fingerprint density at radius 1 is 1.00 bits per heavy atom. The number of thioether (sulfide) groups is 1. The van der Waals surface area contributed by atoms with Crippen molar-refractivity contribution in [2.24, 2.45) is 4.99 Å². The van der Waals surface area contributed by atoms with Gasteiger partial charge in [0.25, 0.3) is 5.91 Å². The van der Waals surface area contributed by atoms with E-state index >= 15 is 0 Å². The molecular weight excluding hydrogens is 521 g/mol. The lowest BCUT2D eigenvalue weighted by molar-refractivity contribution is -0.122. The zero-order valence-corrected chi connectivity index (χ0v) is 24.4. The minimum atomic E-state index is -0.206. The first-order valence-electron chi connectivity index (χ1n) is 13.1. The monoisotopic (exact) mass is 550 g/mol. The van der Waals surface area contributed by atoms with Gasteiger partial charge in [-0.2, -0.15) is 0 Å². The van der Waals surface area contributed by atoms with Crippen LogP contribution in [0, 0.1) is 6.92 Å². The number of fused-ring (bicyclic) bond motifs is 2. The van der Waals surface area contributed by atoms with E-state index in [2.05, 4.69) is 79.3 Å². The summed E-state index contributed by atoms with van der Waals surface area (Å²) in [6.07, 6.45) is 4.07. The Bertz CT molecular complexity index is 1700. The van der Waals surface area contributed by atoms with Gasteiger partial charge in [-0.1, -0.05) is 50.2 Å². The quantitative estimate of drug-likeness (QED) is 0.241. The zero-order chi connectivity index (χ0) is 27.3. The highest BCUT2D eigenvalue weighted by molar-refractivity contribution is 8.18. The van der Waals surface area contributed by atoms with Crippen molar-refractivity contribution in [2.75, 3.05) is 18.5 Å². The summed E-state index contributed by atoms with van der Waals surface area (Å²) in [6, 6.07) is 23.2. The number of anilines is 1. The van der Waals surface area contributed by atoms with Crippen molar-refractivity contribution in [3.05, 3.63) is 100 Å². The smallest absolute Gasteiger partial charge is 0.266 e. The molecule has 5 nitrogen and oxygen atoms in total. The molecule has 1 saturated heterocycles. The van der Waals surface area contributed by atoms with E-state index in [0.29, 0.717) is 16.6 Å². The number of amides is 1. The fourth-order valence-electron chi connectivity index (χ4n) is 5.39. The first-order valence-corrected chi connectivity index (χ1v) is 14.7. The summed E-state index contributed by atoms with van der Waals surface area (Å²) in [4.78, 5) is 27.4. The number of thiazole rings is 1. The maximum atomic E-state index is 13.3. The van der Waals surface area contributed by atoms with E-state index in [1.54, 1.807) is 16.2 Å². The highest BCUT2D eigenvalue weighted by Crippen LogP contribution is 2.48. The zero-order valence-electron chi connectivity index (χ0n) is 22.7. The summed E-state index contributed by atoms with van der Waals surface area (Å²) >= 11 is 3.09. The molecule has 3 aromatic carbocycles. The van der Waals surface area contributed by atoms with Gasteiger partial charge in [0.2, 0.25) is 0 Å². The second kappa shape index (κ2) is 9.81. The molecule has 2 aliphatic heterocycles. The average Bonchev–Trinajstić information content (AvgIpc) is 3.51. The van der Waals surface area contributed by atoms with Gasteiger partial charge in [0.05, 0.1) is 25.8 Å². The number of hydrogen-bond acceptors (Lipinski definition) is 6. The van der Waals surface area contributed by atoms with E-state index in [-0.39, 0.29) is 11.3 Å². The maximum Gasteiger partial charge on any atom is 0.266 e. The van der Waals surface area contributed by atoms with Gasteiger partial charge in [0.1, 0.15) is 0 Å². The van der Waals surface area contributed by atoms with Crippen LogP contribution < -0.4 is 4.90 Å². The van der Waals surface area contributed by atoms with E-state index in [1.165, 1.54) is 34.1 Å². The topological polar surface area (TPSA) is 48.8 Å². The molecule has 1 fully saturated rings. The van der Waals surface area contributed by atoms with Gasteiger partial charge < -0.3 is 4.90 Å². The predicted molar refractivity (Wildman–Crippen MR) is 166 cm³/mol. The Kier molecular flexibility index (Phi) is 6.44. The molecule has 0 radical (unpaired) electrons. The second-order valence-corrected chi connectivity index (χ2v) is 12.5. The highest BCUT2D eigenvalue weighted by Gasteiger charge is 2.39. The van der Waals surface area contributed by atoms with Crippen LogP contribution in [0.4, 0.5) is 11.4 Å². The number of carbonyl (C=O) groups excluding carboxylic acids is 1. The van der Waals surface area contributed by atoms with Crippen molar-refractivity contribution in [3.8, 4) is 11.1 Å². The number of nitrogens with zero attached hydrogens (tertiary/aromatic N) is 4. The average molecular weight is 551 g/mol. The van der Waals surface area contributed by atoms with E-state index in [0.717, 1.165) is 26.6 Å². The second-order valence-electron chi connectivity index (χ2n) is 10.3. The fraction of sp³-hybridized carbons (Fsp3) is 0.219. The molecule has 0 bridgehead atoms. The molecule has 39 heavy (non-hydrogen) atoms. The first kappa shape index (κ1) is 25.6. The summed E-state index contributed by atoms with van der Waals surface area (Å²) in [5, 5.41) is 1.74. The number of likely N-dealkylation sites (N-methyl/N-ethyl adjacent to an activating group) is 2.